The van der Waals surface area contributed by atoms with E-state index in [-0.39, 0.29) is 23.4 Å². The molecule has 4 aromatic heterocycles. The molecule has 0 bridgehead atoms. The van der Waals surface area contributed by atoms with Gasteiger partial charge in [-0.15, -0.1) is 0 Å². The molecule has 5 aromatic rings. The van der Waals surface area contributed by atoms with Gasteiger partial charge in [-0.3, -0.25) is 14.9 Å². The molecule has 1 aliphatic rings. The van der Waals surface area contributed by atoms with Crippen molar-refractivity contribution in [1.82, 2.24) is 20.2 Å². The number of pyridine rings is 3. The molecule has 2 N–H and O–H groups in total. The highest BCUT2D eigenvalue weighted by atomic mass is 35.5. The van der Waals surface area contributed by atoms with Crippen LogP contribution in [0, 0.1) is 12.7 Å². The number of aromatic amines is 2. The second-order valence-electron chi connectivity index (χ2n) is 8.80. The van der Waals surface area contributed by atoms with Gasteiger partial charge in [0.05, 0.1) is 17.3 Å². The molecule has 1 aromatic carbocycles. The Kier molecular flexibility index (Phi) is 4.83. The first-order chi connectivity index (χ1) is 15.5. The molecule has 0 spiro atoms. The van der Waals surface area contributed by atoms with Gasteiger partial charge in [-0.05, 0) is 42.4 Å². The van der Waals surface area contributed by atoms with Crippen LogP contribution < -0.4 is 22.5 Å². The van der Waals surface area contributed by atoms with Crippen LogP contribution in [0.1, 0.15) is 30.9 Å². The number of nitrogens with one attached hydrogen (secondary N) is 2. The number of hydrogen-bond donors (Lipinski definition) is 2. The lowest BCUT2D eigenvalue weighted by Gasteiger charge is -2.16. The Morgan fingerprint density at radius 2 is 1.85 bits per heavy atom. The zero-order valence-electron chi connectivity index (χ0n) is 18.1. The molecular weight excluding hydrogens is 441 g/mol. The molecule has 1 saturated carbocycles. The van der Waals surface area contributed by atoms with Gasteiger partial charge in [-0.1, -0.05) is 19.1 Å². The Morgan fingerprint density at radius 3 is 2.58 bits per heavy atom. The summed E-state index contributed by atoms with van der Waals surface area (Å²) in [5.41, 5.74) is 5.58. The summed E-state index contributed by atoms with van der Waals surface area (Å²) >= 11 is 0. The second-order valence-corrected chi connectivity index (χ2v) is 8.80. The third kappa shape index (κ3) is 3.15. The largest absolute Gasteiger partial charge is 1.00 e. The third-order valence-electron chi connectivity index (χ3n) is 6.72. The lowest BCUT2D eigenvalue weighted by molar-refractivity contribution is -0.596. The van der Waals surface area contributed by atoms with Gasteiger partial charge in [0.2, 0.25) is 0 Å². The standard InChI is InChI=1S/C25H20FN5O.ClH/c1-14-17(25(2)8-9-25)13-27-22-19(15-6-7-18(26)21-16(15)12-28-30-21)23(24(32)29-20(14)22)31-10-4-3-5-11-31;/h3-7,10-13H,8-9H2,1-2H3,(H-,28,29,30,32);1H. The van der Waals surface area contributed by atoms with Crippen molar-refractivity contribution in [2.45, 2.75) is 32.1 Å². The molecule has 0 unspecified atom stereocenters. The van der Waals surface area contributed by atoms with E-state index in [9.17, 15) is 9.18 Å². The first kappa shape index (κ1) is 21.3. The minimum Gasteiger partial charge on any atom is -1.00 e. The van der Waals surface area contributed by atoms with E-state index >= 15 is 0 Å². The number of benzene rings is 1. The van der Waals surface area contributed by atoms with Crippen LogP contribution in [-0.4, -0.2) is 20.2 Å². The van der Waals surface area contributed by atoms with Crippen LogP contribution in [0.2, 0.25) is 0 Å². The summed E-state index contributed by atoms with van der Waals surface area (Å²) < 4.78 is 16.2. The van der Waals surface area contributed by atoms with E-state index in [1.807, 2.05) is 43.7 Å². The molecule has 1 aliphatic carbocycles. The number of halogens is 2. The fourth-order valence-electron chi connectivity index (χ4n) is 4.68. The molecule has 8 heteroatoms. The van der Waals surface area contributed by atoms with Crippen molar-refractivity contribution in [2.75, 3.05) is 0 Å². The number of rotatable bonds is 3. The first-order valence-corrected chi connectivity index (χ1v) is 10.6. The van der Waals surface area contributed by atoms with E-state index in [0.29, 0.717) is 33.2 Å². The van der Waals surface area contributed by atoms with E-state index in [1.54, 1.807) is 16.8 Å². The number of aromatic nitrogens is 5. The van der Waals surface area contributed by atoms with Crippen LogP contribution in [0.15, 0.2) is 59.9 Å². The topological polar surface area (TPSA) is 78.3 Å². The maximum Gasteiger partial charge on any atom is 0.321 e. The molecule has 4 heterocycles. The van der Waals surface area contributed by atoms with Crippen molar-refractivity contribution in [1.29, 1.82) is 0 Å². The minimum absolute atomic E-state index is 0. The molecule has 6 rings (SSSR count). The van der Waals surface area contributed by atoms with Crippen LogP contribution in [0.25, 0.3) is 38.8 Å². The molecule has 166 valence electrons. The van der Waals surface area contributed by atoms with Crippen molar-refractivity contribution in [3.63, 3.8) is 0 Å². The maximum atomic E-state index is 14.4. The molecular formula is C25H21ClFN5O. The number of aryl methyl sites for hydroxylation is 1. The van der Waals surface area contributed by atoms with Crippen molar-refractivity contribution in [3.8, 4) is 16.8 Å². The SMILES string of the molecule is Cc1c(C2(C)CC2)cnc2c(-c3ccc(F)c4[nH]ncc34)c(-[n+]3ccccc3)c(=O)[nH]c12.[Cl-]. The van der Waals surface area contributed by atoms with Crippen molar-refractivity contribution >= 4 is 21.9 Å². The van der Waals surface area contributed by atoms with Gasteiger partial charge in [0.25, 0.3) is 5.69 Å². The average molecular weight is 462 g/mol. The maximum absolute atomic E-state index is 14.4. The van der Waals surface area contributed by atoms with E-state index in [1.165, 1.54) is 11.6 Å². The predicted octanol–water partition coefficient (Wildman–Crippen LogP) is 1.25. The monoisotopic (exact) mass is 461 g/mol. The highest BCUT2D eigenvalue weighted by Crippen LogP contribution is 2.49. The van der Waals surface area contributed by atoms with Crippen LogP contribution in [-0.2, 0) is 5.41 Å². The summed E-state index contributed by atoms with van der Waals surface area (Å²) in [6, 6.07) is 8.71. The van der Waals surface area contributed by atoms with Gasteiger partial charge >= 0.3 is 5.56 Å². The fourth-order valence-corrected chi connectivity index (χ4v) is 4.68. The van der Waals surface area contributed by atoms with Gasteiger partial charge in [0.15, 0.2) is 12.4 Å². The van der Waals surface area contributed by atoms with Crippen molar-refractivity contribution in [3.05, 3.63) is 82.4 Å². The number of H-pyrrole nitrogens is 2. The summed E-state index contributed by atoms with van der Waals surface area (Å²) in [6.07, 6.45) is 9.40. The normalized spacial score (nSPS) is 14.4. The van der Waals surface area contributed by atoms with Gasteiger partial charge in [-0.2, -0.15) is 9.67 Å². The lowest BCUT2D eigenvalue weighted by Crippen LogP contribution is -3.00. The van der Waals surface area contributed by atoms with Crippen molar-refractivity contribution in [2.24, 2.45) is 0 Å². The van der Waals surface area contributed by atoms with E-state index in [2.05, 4.69) is 22.1 Å². The van der Waals surface area contributed by atoms with E-state index in [0.717, 1.165) is 23.9 Å². The lowest BCUT2D eigenvalue weighted by atomic mass is 9.92. The molecule has 0 radical (unpaired) electrons. The summed E-state index contributed by atoms with van der Waals surface area (Å²) in [4.78, 5) is 21.4. The van der Waals surface area contributed by atoms with Gasteiger partial charge in [-0.25, -0.2) is 4.39 Å². The van der Waals surface area contributed by atoms with Crippen LogP contribution in [0.4, 0.5) is 4.39 Å². The number of hydrogen-bond acceptors (Lipinski definition) is 3. The highest BCUT2D eigenvalue weighted by molar-refractivity contribution is 6.05. The summed E-state index contributed by atoms with van der Waals surface area (Å²) in [7, 11) is 0. The van der Waals surface area contributed by atoms with Crippen LogP contribution in [0.5, 0.6) is 0 Å². The zero-order valence-corrected chi connectivity index (χ0v) is 18.9. The Hall–Kier alpha value is -3.58. The summed E-state index contributed by atoms with van der Waals surface area (Å²) in [5, 5.41) is 7.38. The number of fused-ring (bicyclic) bond motifs is 2. The smallest absolute Gasteiger partial charge is 0.321 e. The number of nitrogens with zero attached hydrogens (tertiary/aromatic N) is 3. The molecule has 0 amide bonds. The highest BCUT2D eigenvalue weighted by Gasteiger charge is 2.41. The zero-order chi connectivity index (χ0) is 22.0. The first-order valence-electron chi connectivity index (χ1n) is 10.6. The Bertz CT molecular complexity index is 1590. The fraction of sp³-hybridized carbons (Fsp3) is 0.200. The minimum atomic E-state index is -0.391. The van der Waals surface area contributed by atoms with Gasteiger partial charge in [0, 0.05) is 29.3 Å². The molecule has 1 fully saturated rings. The van der Waals surface area contributed by atoms with Gasteiger partial charge < -0.3 is 17.4 Å². The van der Waals surface area contributed by atoms with Crippen LogP contribution in [0.3, 0.4) is 0 Å². The summed E-state index contributed by atoms with van der Waals surface area (Å²) in [5.74, 6) is -0.391. The molecule has 0 saturated heterocycles. The molecule has 0 atom stereocenters. The van der Waals surface area contributed by atoms with E-state index < -0.39 is 5.82 Å². The molecule has 0 aliphatic heterocycles. The Morgan fingerprint density at radius 1 is 1.09 bits per heavy atom. The predicted molar refractivity (Wildman–Crippen MR) is 120 cm³/mol. The molecule has 33 heavy (non-hydrogen) atoms. The second kappa shape index (κ2) is 7.49. The quantitative estimate of drug-likeness (QED) is 0.397. The van der Waals surface area contributed by atoms with Crippen molar-refractivity contribution < 1.29 is 21.4 Å². The van der Waals surface area contributed by atoms with Crippen LogP contribution >= 0.6 is 0 Å². The Balaban J connectivity index is 0.00000228. The average Bonchev–Trinajstić information content (AvgIpc) is 3.33. The third-order valence-corrected chi connectivity index (χ3v) is 6.72. The Labute approximate surface area is 194 Å². The van der Waals surface area contributed by atoms with E-state index in [4.69, 9.17) is 4.98 Å². The van der Waals surface area contributed by atoms with Gasteiger partial charge in [0.1, 0.15) is 16.9 Å². The summed E-state index contributed by atoms with van der Waals surface area (Å²) in [6.45, 7) is 4.26. The molecule has 6 nitrogen and oxygen atoms in total.